The van der Waals surface area contributed by atoms with Gasteiger partial charge in [-0.05, 0) is 31.1 Å². The Morgan fingerprint density at radius 3 is 2.42 bits per heavy atom. The lowest BCUT2D eigenvalue weighted by Gasteiger charge is -2.31. The zero-order valence-corrected chi connectivity index (χ0v) is 10.8. The molecule has 100 valence electrons. The number of amides is 2. The molecule has 0 atom stereocenters. The van der Waals surface area contributed by atoms with Crippen LogP contribution in [0.15, 0.2) is 43.0 Å². The van der Waals surface area contributed by atoms with Gasteiger partial charge in [0, 0.05) is 24.7 Å². The van der Waals surface area contributed by atoms with Crippen molar-refractivity contribution in [2.45, 2.75) is 18.9 Å². The second kappa shape index (κ2) is 6.18. The van der Waals surface area contributed by atoms with Gasteiger partial charge in [0.25, 0.3) is 5.91 Å². The van der Waals surface area contributed by atoms with E-state index in [1.807, 2.05) is 18.2 Å². The molecule has 0 aromatic heterocycles. The second-order valence-corrected chi connectivity index (χ2v) is 4.64. The molecule has 1 N–H and O–H groups in total. The first-order valence-electron chi connectivity index (χ1n) is 6.48. The molecule has 1 saturated heterocycles. The van der Waals surface area contributed by atoms with E-state index in [4.69, 9.17) is 0 Å². The molecule has 0 radical (unpaired) electrons. The molecular formula is C15H18N2O2. The molecule has 1 aliphatic heterocycles. The fraction of sp³-hybridized carbons (Fsp3) is 0.333. The van der Waals surface area contributed by atoms with Crippen molar-refractivity contribution in [2.75, 3.05) is 13.1 Å². The fourth-order valence-electron chi connectivity index (χ4n) is 2.23. The highest BCUT2D eigenvalue weighted by atomic mass is 16.2. The number of piperidine rings is 1. The van der Waals surface area contributed by atoms with E-state index >= 15 is 0 Å². The summed E-state index contributed by atoms with van der Waals surface area (Å²) >= 11 is 0. The van der Waals surface area contributed by atoms with E-state index in [1.165, 1.54) is 6.08 Å². The fourth-order valence-corrected chi connectivity index (χ4v) is 2.23. The lowest BCUT2D eigenvalue weighted by molar-refractivity contribution is -0.127. The summed E-state index contributed by atoms with van der Waals surface area (Å²) in [5.41, 5.74) is 0.673. The Morgan fingerprint density at radius 1 is 1.21 bits per heavy atom. The molecule has 4 nitrogen and oxygen atoms in total. The number of benzene rings is 1. The minimum atomic E-state index is -0.0471. The Balaban J connectivity index is 1.84. The maximum absolute atomic E-state index is 12.0. The van der Waals surface area contributed by atoms with Gasteiger partial charge in [0.2, 0.25) is 5.91 Å². The molecule has 1 aromatic carbocycles. The van der Waals surface area contributed by atoms with Crippen molar-refractivity contribution in [1.29, 1.82) is 0 Å². The molecule has 2 amide bonds. The Morgan fingerprint density at radius 2 is 1.84 bits per heavy atom. The third-order valence-electron chi connectivity index (χ3n) is 3.35. The van der Waals surface area contributed by atoms with Crippen molar-refractivity contribution in [1.82, 2.24) is 10.2 Å². The predicted octanol–water partition coefficient (Wildman–Crippen LogP) is 1.59. The number of nitrogens with one attached hydrogen (secondary N) is 1. The molecule has 2 rings (SSSR count). The van der Waals surface area contributed by atoms with Crippen molar-refractivity contribution >= 4 is 11.8 Å². The van der Waals surface area contributed by atoms with Crippen molar-refractivity contribution < 1.29 is 9.59 Å². The zero-order chi connectivity index (χ0) is 13.7. The van der Waals surface area contributed by atoms with E-state index in [-0.39, 0.29) is 17.9 Å². The first-order chi connectivity index (χ1) is 9.20. The Kier molecular flexibility index (Phi) is 4.34. The minimum absolute atomic E-state index is 0.0344. The summed E-state index contributed by atoms with van der Waals surface area (Å²) in [4.78, 5) is 25.2. The van der Waals surface area contributed by atoms with Gasteiger partial charge in [-0.3, -0.25) is 9.59 Å². The summed E-state index contributed by atoms with van der Waals surface area (Å²) in [6.45, 7) is 4.82. The van der Waals surface area contributed by atoms with Gasteiger partial charge in [0.15, 0.2) is 0 Å². The molecule has 1 aliphatic rings. The van der Waals surface area contributed by atoms with Gasteiger partial charge < -0.3 is 10.2 Å². The van der Waals surface area contributed by atoms with E-state index in [0.29, 0.717) is 18.7 Å². The molecule has 1 fully saturated rings. The lowest BCUT2D eigenvalue weighted by Crippen LogP contribution is -2.46. The first-order valence-corrected chi connectivity index (χ1v) is 6.48. The standard InChI is InChI=1S/C15H18N2O2/c1-2-14(18)17-10-8-13(9-11-17)16-15(19)12-6-4-3-5-7-12/h2-7,13H,1,8-11H2,(H,16,19). The summed E-state index contributed by atoms with van der Waals surface area (Å²) < 4.78 is 0. The number of hydrogen-bond donors (Lipinski definition) is 1. The van der Waals surface area contributed by atoms with Crippen LogP contribution >= 0.6 is 0 Å². The largest absolute Gasteiger partial charge is 0.349 e. The van der Waals surface area contributed by atoms with Gasteiger partial charge in [-0.25, -0.2) is 0 Å². The predicted molar refractivity (Wildman–Crippen MR) is 73.7 cm³/mol. The van der Waals surface area contributed by atoms with E-state index in [2.05, 4.69) is 11.9 Å². The molecule has 0 aliphatic carbocycles. The highest BCUT2D eigenvalue weighted by Crippen LogP contribution is 2.11. The van der Waals surface area contributed by atoms with Crippen LogP contribution in [0.5, 0.6) is 0 Å². The number of carbonyl (C=O) groups excluding carboxylic acids is 2. The molecule has 0 unspecified atom stereocenters. The number of nitrogens with zero attached hydrogens (tertiary/aromatic N) is 1. The van der Waals surface area contributed by atoms with Gasteiger partial charge in [0.05, 0.1) is 0 Å². The molecule has 0 spiro atoms. The van der Waals surface area contributed by atoms with Crippen LogP contribution in [0.3, 0.4) is 0 Å². The Hall–Kier alpha value is -2.10. The molecule has 0 bridgehead atoms. The van der Waals surface area contributed by atoms with Gasteiger partial charge in [0.1, 0.15) is 0 Å². The Bertz CT molecular complexity index is 462. The molecular weight excluding hydrogens is 240 g/mol. The van der Waals surface area contributed by atoms with Crippen molar-refractivity contribution in [3.63, 3.8) is 0 Å². The van der Waals surface area contributed by atoms with E-state index in [9.17, 15) is 9.59 Å². The molecule has 0 saturated carbocycles. The van der Waals surface area contributed by atoms with Crippen LogP contribution in [0.2, 0.25) is 0 Å². The topological polar surface area (TPSA) is 49.4 Å². The van der Waals surface area contributed by atoms with Crippen LogP contribution in [0, 0.1) is 0 Å². The molecule has 1 aromatic rings. The van der Waals surface area contributed by atoms with Gasteiger partial charge in [-0.15, -0.1) is 0 Å². The highest BCUT2D eigenvalue weighted by Gasteiger charge is 2.22. The molecule has 19 heavy (non-hydrogen) atoms. The highest BCUT2D eigenvalue weighted by molar-refractivity contribution is 5.94. The van der Waals surface area contributed by atoms with Gasteiger partial charge in [-0.2, -0.15) is 0 Å². The smallest absolute Gasteiger partial charge is 0.251 e. The molecule has 1 heterocycles. The van der Waals surface area contributed by atoms with Gasteiger partial charge in [-0.1, -0.05) is 24.8 Å². The zero-order valence-electron chi connectivity index (χ0n) is 10.8. The third-order valence-corrected chi connectivity index (χ3v) is 3.35. The van der Waals surface area contributed by atoms with E-state index in [1.54, 1.807) is 17.0 Å². The number of likely N-dealkylation sites (tertiary alicyclic amines) is 1. The van der Waals surface area contributed by atoms with Crippen LogP contribution in [0.25, 0.3) is 0 Å². The van der Waals surface area contributed by atoms with E-state index < -0.39 is 0 Å². The monoisotopic (exact) mass is 258 g/mol. The van der Waals surface area contributed by atoms with Crippen molar-refractivity contribution in [3.05, 3.63) is 48.6 Å². The van der Waals surface area contributed by atoms with Crippen molar-refractivity contribution in [3.8, 4) is 0 Å². The van der Waals surface area contributed by atoms with Crippen LogP contribution in [0.4, 0.5) is 0 Å². The quantitative estimate of drug-likeness (QED) is 0.837. The maximum Gasteiger partial charge on any atom is 0.251 e. The normalized spacial score (nSPS) is 15.9. The molecule has 4 heteroatoms. The van der Waals surface area contributed by atoms with Gasteiger partial charge >= 0.3 is 0 Å². The van der Waals surface area contributed by atoms with Crippen LogP contribution in [0.1, 0.15) is 23.2 Å². The van der Waals surface area contributed by atoms with Crippen LogP contribution in [-0.2, 0) is 4.79 Å². The summed E-state index contributed by atoms with van der Waals surface area (Å²) in [5.74, 6) is -0.0815. The van der Waals surface area contributed by atoms with Crippen LogP contribution < -0.4 is 5.32 Å². The number of rotatable bonds is 3. The lowest BCUT2D eigenvalue weighted by atomic mass is 10.0. The third kappa shape index (κ3) is 3.44. The number of hydrogen-bond acceptors (Lipinski definition) is 2. The minimum Gasteiger partial charge on any atom is -0.349 e. The average molecular weight is 258 g/mol. The average Bonchev–Trinajstić information content (AvgIpc) is 2.48. The van der Waals surface area contributed by atoms with E-state index in [0.717, 1.165) is 12.8 Å². The summed E-state index contributed by atoms with van der Waals surface area (Å²) in [6.07, 6.45) is 2.92. The summed E-state index contributed by atoms with van der Waals surface area (Å²) in [6, 6.07) is 9.32. The Labute approximate surface area is 113 Å². The first kappa shape index (κ1) is 13.3. The number of carbonyl (C=O) groups is 2. The second-order valence-electron chi connectivity index (χ2n) is 4.64. The summed E-state index contributed by atoms with van der Waals surface area (Å²) in [5, 5.41) is 3.01. The van der Waals surface area contributed by atoms with Crippen molar-refractivity contribution in [2.24, 2.45) is 0 Å². The summed E-state index contributed by atoms with van der Waals surface area (Å²) in [7, 11) is 0. The van der Waals surface area contributed by atoms with Crippen LogP contribution in [-0.4, -0.2) is 35.8 Å². The SMILES string of the molecule is C=CC(=O)N1CCC(NC(=O)c2ccccc2)CC1. The maximum atomic E-state index is 12.0.